The van der Waals surface area contributed by atoms with E-state index in [9.17, 15) is 0 Å². The van der Waals surface area contributed by atoms with Gasteiger partial charge in [-0.2, -0.15) is 0 Å². The van der Waals surface area contributed by atoms with Crippen LogP contribution in [0, 0.1) is 0 Å². The Hall–Kier alpha value is 0.137. The third-order valence-electron chi connectivity index (χ3n) is 3.30. The van der Waals surface area contributed by atoms with Crippen LogP contribution in [0.25, 0.3) is 0 Å². The molecule has 0 amide bonds. The summed E-state index contributed by atoms with van der Waals surface area (Å²) >= 11 is 0. The number of hydrogen-bond donors (Lipinski definition) is 0. The van der Waals surface area contributed by atoms with E-state index in [1.807, 2.05) is 14.2 Å². The summed E-state index contributed by atoms with van der Waals surface area (Å²) in [6.45, 7) is 2.25. The van der Waals surface area contributed by atoms with Crippen molar-refractivity contribution >= 4 is 8.56 Å². The van der Waals surface area contributed by atoms with Gasteiger partial charge in [0.15, 0.2) is 0 Å². The average Bonchev–Trinajstić information content (AvgIpc) is 2.58. The molecular weight excluding hydrogens is 180 g/mol. The molecule has 78 valence electrons. The van der Waals surface area contributed by atoms with Crippen LogP contribution in [-0.4, -0.2) is 22.8 Å². The van der Waals surface area contributed by atoms with E-state index in [4.69, 9.17) is 8.85 Å². The minimum Gasteiger partial charge on any atom is -0.397 e. The Morgan fingerprint density at radius 2 is 2.00 bits per heavy atom. The summed E-state index contributed by atoms with van der Waals surface area (Å²) in [7, 11) is 1.92. The summed E-state index contributed by atoms with van der Waals surface area (Å²) in [6, 6.07) is 1.20. The van der Waals surface area contributed by atoms with Crippen LogP contribution >= 0.6 is 0 Å². The van der Waals surface area contributed by atoms with E-state index in [1.165, 1.54) is 38.1 Å². The Morgan fingerprint density at radius 3 is 2.54 bits per heavy atom. The molecule has 0 N–H and O–H groups in total. The van der Waals surface area contributed by atoms with Crippen molar-refractivity contribution in [3.8, 4) is 0 Å². The Labute approximate surface area is 82.9 Å². The summed E-state index contributed by atoms with van der Waals surface area (Å²) in [6.07, 6.45) is 6.56. The molecule has 1 saturated heterocycles. The molecule has 1 atom stereocenters. The predicted octanol–water partition coefficient (Wildman–Crippen LogP) is 3.08. The van der Waals surface area contributed by atoms with Gasteiger partial charge in [-0.25, -0.2) is 0 Å². The summed E-state index contributed by atoms with van der Waals surface area (Å²) in [4.78, 5) is 0. The van der Waals surface area contributed by atoms with E-state index in [0.717, 1.165) is 5.54 Å². The Morgan fingerprint density at radius 1 is 1.31 bits per heavy atom. The first-order chi connectivity index (χ1) is 6.29. The van der Waals surface area contributed by atoms with Gasteiger partial charge >= 0.3 is 8.56 Å². The van der Waals surface area contributed by atoms with Crippen molar-refractivity contribution in [1.29, 1.82) is 0 Å². The number of rotatable bonds is 5. The van der Waals surface area contributed by atoms with Crippen LogP contribution in [0.1, 0.15) is 39.0 Å². The Kier molecular flexibility index (Phi) is 4.42. The van der Waals surface area contributed by atoms with Crippen LogP contribution in [0.4, 0.5) is 0 Å². The molecule has 13 heavy (non-hydrogen) atoms. The van der Waals surface area contributed by atoms with E-state index >= 15 is 0 Å². The van der Waals surface area contributed by atoms with Crippen LogP contribution in [0.15, 0.2) is 0 Å². The van der Waals surface area contributed by atoms with Crippen molar-refractivity contribution in [2.24, 2.45) is 0 Å². The van der Waals surface area contributed by atoms with Gasteiger partial charge in [-0.1, -0.05) is 26.2 Å². The minimum atomic E-state index is -1.75. The molecule has 3 heteroatoms. The van der Waals surface area contributed by atoms with Crippen LogP contribution in [0.2, 0.25) is 11.6 Å². The zero-order chi connectivity index (χ0) is 9.73. The smallest absolute Gasteiger partial charge is 0.340 e. The third kappa shape index (κ3) is 2.33. The van der Waals surface area contributed by atoms with E-state index in [0.29, 0.717) is 0 Å². The second kappa shape index (κ2) is 5.13. The Balaban J connectivity index is 2.50. The van der Waals surface area contributed by atoms with Gasteiger partial charge in [0, 0.05) is 19.8 Å². The fourth-order valence-corrected chi connectivity index (χ4v) is 6.09. The summed E-state index contributed by atoms with van der Waals surface area (Å²) < 4.78 is 11.3. The molecule has 1 aliphatic rings. The molecule has 1 fully saturated rings. The lowest BCUT2D eigenvalue weighted by Crippen LogP contribution is -2.41. The molecule has 1 rings (SSSR count). The fraction of sp³-hybridized carbons (Fsp3) is 1.00. The van der Waals surface area contributed by atoms with Gasteiger partial charge in [0.25, 0.3) is 0 Å². The van der Waals surface area contributed by atoms with Crippen LogP contribution in [-0.2, 0) is 8.85 Å². The SMILES string of the molecule is CCCCC1CCC[Si]1(OC)OC. The quantitative estimate of drug-likeness (QED) is 0.638. The molecule has 0 aromatic rings. The lowest BCUT2D eigenvalue weighted by Gasteiger charge is -2.29. The number of hydrogen-bond acceptors (Lipinski definition) is 2. The zero-order valence-corrected chi connectivity index (χ0v) is 10.1. The second-order valence-corrected chi connectivity index (χ2v) is 7.71. The maximum atomic E-state index is 5.67. The first kappa shape index (κ1) is 11.2. The van der Waals surface area contributed by atoms with Gasteiger partial charge in [0.05, 0.1) is 0 Å². The molecule has 0 aromatic heterocycles. The molecule has 1 unspecified atom stereocenters. The van der Waals surface area contributed by atoms with Crippen molar-refractivity contribution in [3.05, 3.63) is 0 Å². The summed E-state index contributed by atoms with van der Waals surface area (Å²) in [5.41, 5.74) is 0.752. The van der Waals surface area contributed by atoms with Gasteiger partial charge in [-0.3, -0.25) is 0 Å². The normalized spacial score (nSPS) is 26.5. The second-order valence-electron chi connectivity index (χ2n) is 3.95. The van der Waals surface area contributed by atoms with E-state index in [2.05, 4.69) is 6.92 Å². The van der Waals surface area contributed by atoms with Gasteiger partial charge in [-0.05, 0) is 18.9 Å². The molecule has 2 nitrogen and oxygen atoms in total. The predicted molar refractivity (Wildman–Crippen MR) is 57.1 cm³/mol. The monoisotopic (exact) mass is 202 g/mol. The van der Waals surface area contributed by atoms with Crippen molar-refractivity contribution < 1.29 is 8.85 Å². The lowest BCUT2D eigenvalue weighted by atomic mass is 10.1. The van der Waals surface area contributed by atoms with Gasteiger partial charge in [0.1, 0.15) is 0 Å². The van der Waals surface area contributed by atoms with E-state index in [-0.39, 0.29) is 0 Å². The van der Waals surface area contributed by atoms with E-state index in [1.54, 1.807) is 0 Å². The van der Waals surface area contributed by atoms with Crippen molar-refractivity contribution in [1.82, 2.24) is 0 Å². The molecule has 0 radical (unpaired) electrons. The van der Waals surface area contributed by atoms with Crippen LogP contribution in [0.5, 0.6) is 0 Å². The minimum absolute atomic E-state index is 0.752. The molecule has 0 saturated carbocycles. The Bertz CT molecular complexity index is 146. The summed E-state index contributed by atoms with van der Waals surface area (Å²) in [5, 5.41) is 0. The largest absolute Gasteiger partial charge is 0.397 e. The molecule has 0 bridgehead atoms. The third-order valence-corrected chi connectivity index (χ3v) is 7.55. The lowest BCUT2D eigenvalue weighted by molar-refractivity contribution is 0.235. The van der Waals surface area contributed by atoms with Crippen molar-refractivity contribution in [3.63, 3.8) is 0 Å². The maximum Gasteiger partial charge on any atom is 0.340 e. The highest BCUT2D eigenvalue weighted by Gasteiger charge is 2.47. The average molecular weight is 202 g/mol. The van der Waals surface area contributed by atoms with Crippen molar-refractivity contribution in [2.75, 3.05) is 14.2 Å². The first-order valence-corrected chi connectivity index (χ1v) is 7.49. The van der Waals surface area contributed by atoms with Crippen LogP contribution in [0.3, 0.4) is 0 Å². The maximum absolute atomic E-state index is 5.67. The van der Waals surface area contributed by atoms with Crippen molar-refractivity contribution in [2.45, 2.75) is 50.6 Å². The summed E-state index contributed by atoms with van der Waals surface area (Å²) in [5.74, 6) is 0. The van der Waals surface area contributed by atoms with Crippen LogP contribution < -0.4 is 0 Å². The van der Waals surface area contributed by atoms with Gasteiger partial charge in [0.2, 0.25) is 0 Å². The highest BCUT2D eigenvalue weighted by atomic mass is 28.4. The van der Waals surface area contributed by atoms with Gasteiger partial charge in [-0.15, -0.1) is 0 Å². The van der Waals surface area contributed by atoms with Gasteiger partial charge < -0.3 is 8.85 Å². The first-order valence-electron chi connectivity index (χ1n) is 5.39. The highest BCUT2D eigenvalue weighted by molar-refractivity contribution is 6.69. The zero-order valence-electron chi connectivity index (χ0n) is 9.14. The topological polar surface area (TPSA) is 18.5 Å². The highest BCUT2D eigenvalue weighted by Crippen LogP contribution is 2.43. The van der Waals surface area contributed by atoms with E-state index < -0.39 is 8.56 Å². The molecule has 1 aliphatic heterocycles. The standard InChI is InChI=1S/C10H22O2Si/c1-4-5-7-10-8-6-9-13(10,11-2)12-3/h10H,4-9H2,1-3H3. The molecular formula is C10H22O2Si. The molecule has 0 aromatic carbocycles. The fourth-order valence-electron chi connectivity index (χ4n) is 2.45. The molecule has 0 aliphatic carbocycles. The molecule has 0 spiro atoms. The number of unbranched alkanes of at least 4 members (excludes halogenated alkanes) is 1. The molecule has 1 heterocycles.